The molecule has 4 atom stereocenters. The molecule has 1 aromatic carbocycles. The number of carbonyl (C=O) groups is 2. The van der Waals surface area contributed by atoms with Gasteiger partial charge in [0.15, 0.2) is 0 Å². The molecule has 4 aliphatic rings. The molecule has 37 heavy (non-hydrogen) atoms. The Balaban J connectivity index is 1.22. The number of anilines is 2. The van der Waals surface area contributed by atoms with Crippen molar-refractivity contribution in [2.45, 2.75) is 37.8 Å². The lowest BCUT2D eigenvalue weighted by Gasteiger charge is -2.49. The largest absolute Gasteiger partial charge is 0.481 e. The van der Waals surface area contributed by atoms with Crippen molar-refractivity contribution in [3.05, 3.63) is 35.7 Å². The average molecular weight is 512 g/mol. The van der Waals surface area contributed by atoms with Crippen molar-refractivity contribution in [2.24, 2.45) is 11.8 Å². The lowest BCUT2D eigenvalue weighted by molar-refractivity contribution is -0.138. The molecule has 4 heterocycles. The summed E-state index contributed by atoms with van der Waals surface area (Å²) in [5.41, 5.74) is 7.85. The fraction of sp³-hybridized carbons (Fsp3) is 0.640. The number of piperazine rings is 1. The van der Waals surface area contributed by atoms with Crippen molar-refractivity contribution in [1.29, 1.82) is 0 Å². The quantitative estimate of drug-likeness (QED) is 0.272. The number of nitrogens with one attached hydrogen (secondary N) is 5. The van der Waals surface area contributed by atoms with Gasteiger partial charge in [-0.15, -0.1) is 0 Å². The number of carbonyl (C=O) groups excluding carboxylic acids is 1. The van der Waals surface area contributed by atoms with Crippen LogP contribution in [0.15, 0.2) is 24.3 Å². The number of carboxylic acids is 1. The molecular weight excluding hydrogens is 474 g/mol. The van der Waals surface area contributed by atoms with Crippen LogP contribution in [-0.2, 0) is 9.59 Å². The molecule has 1 amide bonds. The van der Waals surface area contributed by atoms with Crippen LogP contribution in [0.4, 0.5) is 11.4 Å². The third-order valence-corrected chi connectivity index (χ3v) is 8.01. The molecule has 0 bridgehead atoms. The molecular formula is C25H37N9O3. The van der Waals surface area contributed by atoms with E-state index in [1.807, 2.05) is 0 Å². The Bertz CT molecular complexity index is 984. The molecule has 1 aromatic rings. The summed E-state index contributed by atoms with van der Waals surface area (Å²) in [6.45, 7) is 13.3. The van der Waals surface area contributed by atoms with E-state index in [0.29, 0.717) is 13.2 Å². The van der Waals surface area contributed by atoms with Gasteiger partial charge in [0.2, 0.25) is 5.91 Å². The van der Waals surface area contributed by atoms with Crippen LogP contribution in [0, 0.1) is 18.4 Å². The molecule has 6 N–H and O–H groups in total. The van der Waals surface area contributed by atoms with E-state index in [4.69, 9.17) is 11.7 Å². The van der Waals surface area contributed by atoms with Crippen molar-refractivity contribution >= 4 is 23.3 Å². The maximum Gasteiger partial charge on any atom is 0.303 e. The summed E-state index contributed by atoms with van der Waals surface area (Å²) in [5, 5.41) is 19.9. The molecule has 0 aliphatic carbocycles. The number of piperidine rings is 1. The first-order chi connectivity index (χ1) is 18.0. The van der Waals surface area contributed by atoms with E-state index >= 15 is 0 Å². The van der Waals surface area contributed by atoms with Crippen LogP contribution in [0.3, 0.4) is 0 Å². The Hall–Kier alpha value is -2.95. The number of hydrogen-bond acceptors (Lipinski definition) is 9. The SMILES string of the molecule is [C-]#[N+]CN1CCN(C2NC3CNNC(=O)C3C(Nc3ccc(N4CCC(CC(=O)O)CC4)cc3)N2)CC1. The van der Waals surface area contributed by atoms with Gasteiger partial charge in [0.1, 0.15) is 6.29 Å². The summed E-state index contributed by atoms with van der Waals surface area (Å²) in [7, 11) is 0. The first-order valence-electron chi connectivity index (χ1n) is 13.2. The van der Waals surface area contributed by atoms with E-state index in [2.05, 4.69) is 70.6 Å². The Morgan fingerprint density at radius 2 is 1.81 bits per heavy atom. The van der Waals surface area contributed by atoms with E-state index in [1.54, 1.807) is 0 Å². The minimum absolute atomic E-state index is 0.0230. The monoisotopic (exact) mass is 511 g/mol. The Morgan fingerprint density at radius 1 is 1.08 bits per heavy atom. The molecule has 200 valence electrons. The Labute approximate surface area is 217 Å². The number of aliphatic carboxylic acids is 1. The standard InChI is InChI=1S/C25H37N9O3/c1-26-16-32-10-12-34(13-11-32)25-29-20-15-27-31-24(37)22(20)23(30-25)28-18-2-4-19(5-3-18)33-8-6-17(7-9-33)14-21(35)36/h2-5,17,20,22-23,25,27-30H,6-16H2,(H,31,37)(H,35,36). The topological polar surface area (TPSA) is 129 Å². The van der Waals surface area contributed by atoms with Crippen molar-refractivity contribution in [3.8, 4) is 0 Å². The van der Waals surface area contributed by atoms with Crippen LogP contribution in [0.1, 0.15) is 19.3 Å². The maximum atomic E-state index is 12.8. The number of hydrogen-bond donors (Lipinski definition) is 6. The van der Waals surface area contributed by atoms with Gasteiger partial charge in [-0.1, -0.05) is 0 Å². The van der Waals surface area contributed by atoms with Crippen LogP contribution in [0.5, 0.6) is 0 Å². The van der Waals surface area contributed by atoms with E-state index in [-0.39, 0.29) is 42.7 Å². The Morgan fingerprint density at radius 3 is 2.49 bits per heavy atom. The van der Waals surface area contributed by atoms with Gasteiger partial charge in [-0.05, 0) is 43.0 Å². The zero-order chi connectivity index (χ0) is 25.8. The molecule has 0 radical (unpaired) electrons. The summed E-state index contributed by atoms with van der Waals surface area (Å²) in [5.74, 6) is -0.785. The van der Waals surface area contributed by atoms with Gasteiger partial charge in [-0.2, -0.15) is 0 Å². The number of carboxylic acid groups (broad SMARTS) is 1. The van der Waals surface area contributed by atoms with Crippen molar-refractivity contribution < 1.29 is 14.7 Å². The van der Waals surface area contributed by atoms with E-state index < -0.39 is 5.97 Å². The first-order valence-corrected chi connectivity index (χ1v) is 13.2. The van der Waals surface area contributed by atoms with E-state index in [9.17, 15) is 9.59 Å². The van der Waals surface area contributed by atoms with Gasteiger partial charge in [0, 0.05) is 69.7 Å². The van der Waals surface area contributed by atoms with Crippen molar-refractivity contribution in [1.82, 2.24) is 31.3 Å². The highest BCUT2D eigenvalue weighted by molar-refractivity contribution is 5.81. The molecule has 12 heteroatoms. The molecule has 0 saturated carbocycles. The molecule has 4 unspecified atom stereocenters. The summed E-state index contributed by atoms with van der Waals surface area (Å²) in [6, 6.07) is 8.26. The second-order valence-electron chi connectivity index (χ2n) is 10.4. The minimum Gasteiger partial charge on any atom is -0.481 e. The Kier molecular flexibility index (Phi) is 8.07. The molecule has 4 aliphatic heterocycles. The maximum absolute atomic E-state index is 12.8. The predicted octanol–water partition coefficient (Wildman–Crippen LogP) is -0.294. The molecule has 4 saturated heterocycles. The lowest BCUT2D eigenvalue weighted by atomic mass is 9.91. The van der Waals surface area contributed by atoms with E-state index in [0.717, 1.165) is 63.5 Å². The van der Waals surface area contributed by atoms with Crippen LogP contribution in [0.25, 0.3) is 4.85 Å². The number of nitrogens with zero attached hydrogens (tertiary/aromatic N) is 4. The number of benzene rings is 1. The van der Waals surface area contributed by atoms with Gasteiger partial charge in [0.05, 0.1) is 12.1 Å². The fourth-order valence-corrected chi connectivity index (χ4v) is 5.91. The highest BCUT2D eigenvalue weighted by Crippen LogP contribution is 2.27. The highest BCUT2D eigenvalue weighted by Gasteiger charge is 2.45. The van der Waals surface area contributed by atoms with Gasteiger partial charge < -0.3 is 15.3 Å². The summed E-state index contributed by atoms with van der Waals surface area (Å²) >= 11 is 0. The third-order valence-electron chi connectivity index (χ3n) is 8.01. The fourth-order valence-electron chi connectivity index (χ4n) is 5.91. The summed E-state index contributed by atoms with van der Waals surface area (Å²) in [6.07, 6.45) is 1.71. The second kappa shape index (κ2) is 11.6. The van der Waals surface area contributed by atoms with Gasteiger partial charge in [0.25, 0.3) is 6.67 Å². The molecule has 5 rings (SSSR count). The van der Waals surface area contributed by atoms with Crippen LogP contribution >= 0.6 is 0 Å². The number of hydrazine groups is 1. The number of rotatable bonds is 7. The zero-order valence-electron chi connectivity index (χ0n) is 21.0. The second-order valence-corrected chi connectivity index (χ2v) is 10.4. The first kappa shape index (κ1) is 25.7. The van der Waals surface area contributed by atoms with Crippen molar-refractivity contribution in [3.63, 3.8) is 0 Å². The highest BCUT2D eigenvalue weighted by atomic mass is 16.4. The predicted molar refractivity (Wildman–Crippen MR) is 139 cm³/mol. The van der Waals surface area contributed by atoms with Gasteiger partial charge in [-0.3, -0.25) is 35.4 Å². The van der Waals surface area contributed by atoms with Crippen LogP contribution in [-0.4, -0.2) is 97.8 Å². The smallest absolute Gasteiger partial charge is 0.303 e. The van der Waals surface area contributed by atoms with Crippen LogP contribution in [0.2, 0.25) is 0 Å². The van der Waals surface area contributed by atoms with Crippen molar-refractivity contribution in [2.75, 3.05) is 62.7 Å². The number of fused-ring (bicyclic) bond motifs is 1. The minimum atomic E-state index is -0.713. The zero-order valence-corrected chi connectivity index (χ0v) is 21.0. The normalized spacial score (nSPS) is 29.7. The average Bonchev–Trinajstić information content (AvgIpc) is 2.90. The van der Waals surface area contributed by atoms with Gasteiger partial charge in [-0.25, -0.2) is 16.9 Å². The molecule has 0 aromatic heterocycles. The van der Waals surface area contributed by atoms with Gasteiger partial charge >= 0.3 is 5.97 Å². The lowest BCUT2D eigenvalue weighted by Crippen LogP contribution is -2.77. The molecule has 0 spiro atoms. The molecule has 12 nitrogen and oxygen atoms in total. The van der Waals surface area contributed by atoms with E-state index in [1.165, 1.54) is 0 Å². The summed E-state index contributed by atoms with van der Waals surface area (Å²) < 4.78 is 0. The summed E-state index contributed by atoms with van der Waals surface area (Å²) in [4.78, 5) is 34.1. The van der Waals surface area contributed by atoms with Crippen LogP contribution < -0.4 is 31.7 Å². The molecule has 4 fully saturated rings. The third kappa shape index (κ3) is 6.14. The number of amides is 1.